The van der Waals surface area contributed by atoms with Crippen LogP contribution in [0.15, 0.2) is 58.3 Å². The Morgan fingerprint density at radius 2 is 1.45 bits per heavy atom. The maximum atomic E-state index is 3.17. The fourth-order valence-electron chi connectivity index (χ4n) is 0.961. The first kappa shape index (κ1) is 6.45. The van der Waals surface area contributed by atoms with Gasteiger partial charge in [-0.05, 0) is 22.5 Å². The normalized spacial score (nSPS) is 17.8. The molecular formula is C10H6Si. The molecule has 0 bridgehead atoms. The molecule has 0 spiro atoms. The smallest absolute Gasteiger partial charge is 0.122 e. The van der Waals surface area contributed by atoms with Crippen molar-refractivity contribution in [2.75, 3.05) is 0 Å². The molecule has 0 saturated carbocycles. The van der Waals surface area contributed by atoms with Gasteiger partial charge >= 0.3 is 0 Å². The number of hydrogen-bond donors (Lipinski definition) is 0. The van der Waals surface area contributed by atoms with Crippen molar-refractivity contribution < 1.29 is 0 Å². The molecule has 11 heavy (non-hydrogen) atoms. The third kappa shape index (κ3) is 1.42. The van der Waals surface area contributed by atoms with Crippen LogP contribution in [-0.2, 0) is 0 Å². The third-order valence-corrected chi connectivity index (χ3v) is 2.63. The first-order valence-corrected chi connectivity index (χ1v) is 4.49. The lowest BCUT2D eigenvalue weighted by Crippen LogP contribution is -1.92. The van der Waals surface area contributed by atoms with Crippen molar-refractivity contribution in [3.05, 3.63) is 58.3 Å². The summed E-state index contributed by atoms with van der Waals surface area (Å²) in [4.78, 5) is 0. The average Bonchev–Trinajstić information content (AvgIpc) is 2.60. The molecule has 2 aliphatic carbocycles. The summed E-state index contributed by atoms with van der Waals surface area (Å²) >= 11 is 0. The topological polar surface area (TPSA) is 0 Å². The number of rotatable bonds is 2. The maximum Gasteiger partial charge on any atom is 0.143 e. The molecule has 2 radical (unpaired) electrons. The van der Waals surface area contributed by atoms with Crippen LogP contribution in [0.3, 0.4) is 0 Å². The zero-order valence-electron chi connectivity index (χ0n) is 5.96. The Kier molecular flexibility index (Phi) is 1.62. The number of allylic oxidation sites excluding steroid dienone is 6. The zero-order chi connectivity index (χ0) is 7.52. The minimum absolute atomic E-state index is 0.715. The lowest BCUT2D eigenvalue weighted by molar-refractivity contribution is 1.91. The van der Waals surface area contributed by atoms with Crippen molar-refractivity contribution in [1.29, 1.82) is 0 Å². The molecule has 1 heteroatoms. The van der Waals surface area contributed by atoms with Gasteiger partial charge in [0.15, 0.2) is 0 Å². The quantitative estimate of drug-likeness (QED) is 0.421. The van der Waals surface area contributed by atoms with E-state index in [4.69, 9.17) is 0 Å². The SMILES string of the molecule is C1=CC=CC=1[Si]C1=C=CC=C1. The Morgan fingerprint density at radius 1 is 0.909 bits per heavy atom. The largest absolute Gasteiger partial charge is 0.143 e. The summed E-state index contributed by atoms with van der Waals surface area (Å²) in [5, 5.41) is 2.54. The van der Waals surface area contributed by atoms with Gasteiger partial charge in [0.05, 0.1) is 0 Å². The van der Waals surface area contributed by atoms with Crippen LogP contribution >= 0.6 is 0 Å². The molecule has 0 amide bonds. The summed E-state index contributed by atoms with van der Waals surface area (Å²) in [6.07, 6.45) is 12.1. The summed E-state index contributed by atoms with van der Waals surface area (Å²) in [5.41, 5.74) is 6.34. The van der Waals surface area contributed by atoms with Crippen LogP contribution in [0.5, 0.6) is 0 Å². The van der Waals surface area contributed by atoms with E-state index in [-0.39, 0.29) is 0 Å². The zero-order valence-corrected chi connectivity index (χ0v) is 6.96. The second-order valence-corrected chi connectivity index (χ2v) is 3.62. The molecule has 0 aliphatic heterocycles. The molecule has 0 aromatic rings. The fraction of sp³-hybridized carbons (Fsp3) is 0. The summed E-state index contributed by atoms with van der Waals surface area (Å²) in [7, 11) is 0.715. The molecule has 0 heterocycles. The van der Waals surface area contributed by atoms with E-state index in [1.165, 1.54) is 10.4 Å². The Hall–Kier alpha value is -1.26. The van der Waals surface area contributed by atoms with Crippen LogP contribution in [0.4, 0.5) is 0 Å². The van der Waals surface area contributed by atoms with Crippen molar-refractivity contribution in [2.24, 2.45) is 0 Å². The second-order valence-electron chi connectivity index (χ2n) is 2.29. The predicted octanol–water partition coefficient (Wildman–Crippen LogP) is 1.91. The maximum absolute atomic E-state index is 3.17. The highest BCUT2D eigenvalue weighted by molar-refractivity contribution is 6.55. The van der Waals surface area contributed by atoms with Crippen LogP contribution in [0.2, 0.25) is 0 Å². The van der Waals surface area contributed by atoms with E-state index in [1.807, 2.05) is 24.3 Å². The van der Waals surface area contributed by atoms with Crippen LogP contribution in [0.1, 0.15) is 0 Å². The lowest BCUT2D eigenvalue weighted by atomic mass is 10.6. The van der Waals surface area contributed by atoms with Gasteiger partial charge in [0.25, 0.3) is 0 Å². The minimum atomic E-state index is 0.715. The molecule has 2 rings (SSSR count). The van der Waals surface area contributed by atoms with Crippen LogP contribution < -0.4 is 0 Å². The predicted molar refractivity (Wildman–Crippen MR) is 47.2 cm³/mol. The standard InChI is InChI=1S/C10H6Si/c1-2-6-9(5-1)11-10-7-3-4-8-10/h1-5,7H. The van der Waals surface area contributed by atoms with Crippen molar-refractivity contribution >= 4 is 9.52 Å². The van der Waals surface area contributed by atoms with Crippen molar-refractivity contribution in [3.63, 3.8) is 0 Å². The summed E-state index contributed by atoms with van der Waals surface area (Å²) < 4.78 is 0. The Labute approximate surface area is 68.4 Å². The first-order chi connectivity index (χ1) is 5.45. The van der Waals surface area contributed by atoms with Gasteiger partial charge in [-0.1, -0.05) is 24.3 Å². The molecule has 0 saturated heterocycles. The van der Waals surface area contributed by atoms with Gasteiger partial charge in [-0.15, -0.1) is 11.5 Å². The molecule has 50 valence electrons. The molecule has 2 aliphatic rings. The summed E-state index contributed by atoms with van der Waals surface area (Å²) in [6, 6.07) is 0. The highest BCUT2D eigenvalue weighted by atomic mass is 28.2. The Morgan fingerprint density at radius 3 is 1.82 bits per heavy atom. The van der Waals surface area contributed by atoms with Gasteiger partial charge in [0, 0.05) is 0 Å². The highest BCUT2D eigenvalue weighted by Crippen LogP contribution is 2.07. The summed E-state index contributed by atoms with van der Waals surface area (Å²) in [5.74, 6) is 0. The van der Waals surface area contributed by atoms with Gasteiger partial charge < -0.3 is 0 Å². The van der Waals surface area contributed by atoms with Crippen LogP contribution in [0, 0.1) is 0 Å². The lowest BCUT2D eigenvalue weighted by Gasteiger charge is -1.91. The van der Waals surface area contributed by atoms with Crippen molar-refractivity contribution in [2.45, 2.75) is 0 Å². The van der Waals surface area contributed by atoms with E-state index in [9.17, 15) is 0 Å². The van der Waals surface area contributed by atoms with Crippen molar-refractivity contribution in [1.82, 2.24) is 0 Å². The van der Waals surface area contributed by atoms with Crippen molar-refractivity contribution in [3.8, 4) is 0 Å². The molecule has 0 fully saturated rings. The van der Waals surface area contributed by atoms with Crippen LogP contribution in [0.25, 0.3) is 0 Å². The fourth-order valence-corrected chi connectivity index (χ4v) is 1.92. The van der Waals surface area contributed by atoms with E-state index in [1.54, 1.807) is 0 Å². The second kappa shape index (κ2) is 2.77. The average molecular weight is 154 g/mol. The van der Waals surface area contributed by atoms with Gasteiger partial charge in [-0.25, -0.2) is 0 Å². The highest BCUT2D eigenvalue weighted by Gasteiger charge is 2.00. The Balaban J connectivity index is 2.12. The van der Waals surface area contributed by atoms with E-state index in [0.717, 1.165) is 0 Å². The molecule has 0 N–H and O–H groups in total. The van der Waals surface area contributed by atoms with Gasteiger partial charge in [0.2, 0.25) is 0 Å². The van der Waals surface area contributed by atoms with Gasteiger partial charge in [0.1, 0.15) is 9.52 Å². The summed E-state index contributed by atoms with van der Waals surface area (Å²) in [6.45, 7) is 0. The molecule has 0 aromatic heterocycles. The van der Waals surface area contributed by atoms with E-state index in [2.05, 4.69) is 23.6 Å². The molecule has 0 unspecified atom stereocenters. The number of hydrogen-bond acceptors (Lipinski definition) is 0. The monoisotopic (exact) mass is 154 g/mol. The van der Waals surface area contributed by atoms with E-state index in [0.29, 0.717) is 9.52 Å². The minimum Gasteiger partial charge on any atom is -0.122 e. The molecule has 0 atom stereocenters. The van der Waals surface area contributed by atoms with Crippen LogP contribution in [-0.4, -0.2) is 9.52 Å². The molecule has 0 nitrogen and oxygen atoms in total. The third-order valence-electron chi connectivity index (χ3n) is 1.47. The van der Waals surface area contributed by atoms with E-state index >= 15 is 0 Å². The van der Waals surface area contributed by atoms with Gasteiger partial charge in [-0.3, -0.25) is 0 Å². The van der Waals surface area contributed by atoms with Gasteiger partial charge in [-0.2, -0.15) is 0 Å². The first-order valence-electron chi connectivity index (χ1n) is 3.49. The van der Waals surface area contributed by atoms with E-state index < -0.39 is 0 Å². The molecule has 0 aromatic carbocycles. The Bertz CT molecular complexity index is 318. The molecular weight excluding hydrogens is 148 g/mol.